The fourth-order valence-electron chi connectivity index (χ4n) is 1.92. The topological polar surface area (TPSA) is 63.4 Å². The van der Waals surface area contributed by atoms with Gasteiger partial charge in [0.2, 0.25) is 10.0 Å². The lowest BCUT2D eigenvalue weighted by Crippen LogP contribution is -2.26. The van der Waals surface area contributed by atoms with E-state index in [-0.39, 0.29) is 0 Å². The van der Waals surface area contributed by atoms with E-state index >= 15 is 0 Å². The Morgan fingerprint density at radius 1 is 1.29 bits per heavy atom. The molecule has 0 atom stereocenters. The predicted octanol–water partition coefficient (Wildman–Crippen LogP) is 2.83. The Morgan fingerprint density at radius 3 is 2.48 bits per heavy atom. The van der Waals surface area contributed by atoms with Crippen molar-refractivity contribution in [3.05, 3.63) is 50.6 Å². The van der Waals surface area contributed by atoms with Crippen molar-refractivity contribution in [1.29, 1.82) is 0 Å². The van der Waals surface area contributed by atoms with Crippen molar-refractivity contribution in [2.75, 3.05) is 13.6 Å². The number of hydrogen-bond donors (Lipinski definition) is 1. The van der Waals surface area contributed by atoms with Crippen LogP contribution in [0.5, 0.6) is 0 Å². The minimum absolute atomic E-state index is 0.307. The SMILES string of the molecule is CN(Cc1cc(Br)cs1)S(=O)(=O)c1ccc(CCN)cc1. The van der Waals surface area contributed by atoms with Crippen molar-refractivity contribution in [2.24, 2.45) is 5.73 Å². The summed E-state index contributed by atoms with van der Waals surface area (Å²) in [4.78, 5) is 1.30. The van der Waals surface area contributed by atoms with Crippen molar-refractivity contribution in [2.45, 2.75) is 17.9 Å². The fraction of sp³-hybridized carbons (Fsp3) is 0.286. The van der Waals surface area contributed by atoms with E-state index in [1.807, 2.05) is 23.6 Å². The van der Waals surface area contributed by atoms with Gasteiger partial charge in [0.25, 0.3) is 0 Å². The first-order valence-corrected chi connectivity index (χ1v) is 9.53. The van der Waals surface area contributed by atoms with E-state index < -0.39 is 10.0 Å². The lowest BCUT2D eigenvalue weighted by atomic mass is 10.2. The Morgan fingerprint density at radius 2 is 1.95 bits per heavy atom. The van der Waals surface area contributed by atoms with Crippen molar-refractivity contribution < 1.29 is 8.42 Å². The Bertz CT molecular complexity index is 696. The zero-order valence-corrected chi connectivity index (χ0v) is 14.8. The first-order chi connectivity index (χ1) is 9.93. The van der Waals surface area contributed by atoms with Crippen LogP contribution in [-0.2, 0) is 23.0 Å². The highest BCUT2D eigenvalue weighted by molar-refractivity contribution is 9.10. The molecule has 0 bridgehead atoms. The molecule has 2 rings (SSSR count). The summed E-state index contributed by atoms with van der Waals surface area (Å²) >= 11 is 4.90. The zero-order valence-electron chi connectivity index (χ0n) is 11.6. The number of sulfonamides is 1. The second-order valence-corrected chi connectivity index (χ2v) is 8.63. The van der Waals surface area contributed by atoms with Crippen LogP contribution < -0.4 is 5.73 Å². The van der Waals surface area contributed by atoms with Crippen molar-refractivity contribution in [3.63, 3.8) is 0 Å². The molecule has 1 aromatic carbocycles. The Hall–Kier alpha value is -0.730. The van der Waals surface area contributed by atoms with Crippen LogP contribution in [0.15, 0.2) is 45.1 Å². The monoisotopic (exact) mass is 388 g/mol. The predicted molar refractivity (Wildman–Crippen MR) is 89.9 cm³/mol. The molecule has 0 aliphatic carbocycles. The van der Waals surface area contributed by atoms with Gasteiger partial charge in [-0.2, -0.15) is 4.31 Å². The van der Waals surface area contributed by atoms with E-state index in [1.54, 1.807) is 19.2 Å². The molecule has 1 heterocycles. The van der Waals surface area contributed by atoms with Crippen LogP contribution in [-0.4, -0.2) is 26.3 Å². The first-order valence-electron chi connectivity index (χ1n) is 6.42. The number of thiophene rings is 1. The summed E-state index contributed by atoms with van der Waals surface area (Å²) in [6, 6.07) is 8.84. The normalized spacial score (nSPS) is 12.0. The number of hydrogen-bond acceptors (Lipinski definition) is 4. The van der Waals surface area contributed by atoms with Gasteiger partial charge in [0.05, 0.1) is 4.90 Å². The maximum atomic E-state index is 12.5. The van der Waals surface area contributed by atoms with Crippen LogP contribution in [0, 0.1) is 0 Å². The zero-order chi connectivity index (χ0) is 15.5. The summed E-state index contributed by atoms with van der Waals surface area (Å²) < 4.78 is 27.3. The van der Waals surface area contributed by atoms with Crippen molar-refractivity contribution in [3.8, 4) is 0 Å². The van der Waals surface area contributed by atoms with Gasteiger partial charge in [0.1, 0.15) is 0 Å². The average molecular weight is 389 g/mol. The molecule has 21 heavy (non-hydrogen) atoms. The minimum Gasteiger partial charge on any atom is -0.330 e. The third kappa shape index (κ3) is 4.14. The largest absolute Gasteiger partial charge is 0.330 e. The van der Waals surface area contributed by atoms with Crippen LogP contribution in [0.1, 0.15) is 10.4 Å². The number of benzene rings is 1. The molecule has 0 unspecified atom stereocenters. The van der Waals surface area contributed by atoms with Crippen LogP contribution in [0.2, 0.25) is 0 Å². The molecule has 2 aromatic rings. The molecule has 4 nitrogen and oxygen atoms in total. The molecule has 7 heteroatoms. The number of nitrogens with zero attached hydrogens (tertiary/aromatic N) is 1. The molecular formula is C14H17BrN2O2S2. The summed E-state index contributed by atoms with van der Waals surface area (Å²) in [6.07, 6.45) is 0.749. The molecule has 0 fully saturated rings. The molecule has 0 saturated carbocycles. The van der Waals surface area contributed by atoms with Crippen molar-refractivity contribution >= 4 is 37.3 Å². The molecule has 114 valence electrons. The molecule has 0 aliphatic rings. The highest BCUT2D eigenvalue weighted by Gasteiger charge is 2.21. The van der Waals surface area contributed by atoms with Gasteiger partial charge in [-0.25, -0.2) is 8.42 Å². The van der Waals surface area contributed by atoms with Gasteiger partial charge in [-0.3, -0.25) is 0 Å². The molecular weight excluding hydrogens is 372 g/mol. The Labute approximate surface area is 137 Å². The summed E-state index contributed by atoms with van der Waals surface area (Å²) in [5, 5.41) is 1.94. The minimum atomic E-state index is -3.47. The molecule has 0 radical (unpaired) electrons. The molecule has 0 spiro atoms. The van der Waals surface area contributed by atoms with Crippen LogP contribution >= 0.6 is 27.3 Å². The average Bonchev–Trinajstić information content (AvgIpc) is 2.85. The second kappa shape index (κ2) is 7.02. The van der Waals surface area contributed by atoms with E-state index in [9.17, 15) is 8.42 Å². The van der Waals surface area contributed by atoms with Crippen molar-refractivity contribution in [1.82, 2.24) is 4.31 Å². The quantitative estimate of drug-likeness (QED) is 0.827. The number of rotatable bonds is 6. The standard InChI is InChI=1S/C14H17BrN2O2S2/c1-17(9-13-8-12(15)10-20-13)21(18,19)14-4-2-11(3-5-14)6-7-16/h2-5,8,10H,6-7,9,16H2,1H3. The van der Waals surface area contributed by atoms with Crippen LogP contribution in [0.25, 0.3) is 0 Å². The third-order valence-electron chi connectivity index (χ3n) is 3.06. The summed E-state index contributed by atoms with van der Waals surface area (Å²) in [5.74, 6) is 0. The molecule has 0 saturated heterocycles. The van der Waals surface area contributed by atoms with Gasteiger partial charge in [-0.15, -0.1) is 11.3 Å². The molecule has 0 aliphatic heterocycles. The van der Waals surface area contributed by atoms with E-state index in [0.29, 0.717) is 18.0 Å². The maximum Gasteiger partial charge on any atom is 0.243 e. The van der Waals surface area contributed by atoms with E-state index in [1.165, 1.54) is 15.6 Å². The van der Waals surface area contributed by atoms with E-state index in [4.69, 9.17) is 5.73 Å². The summed E-state index contributed by atoms with van der Waals surface area (Å²) in [6.45, 7) is 0.919. The highest BCUT2D eigenvalue weighted by Crippen LogP contribution is 2.23. The highest BCUT2D eigenvalue weighted by atomic mass is 79.9. The number of halogens is 1. The molecule has 2 N–H and O–H groups in total. The Balaban J connectivity index is 2.16. The molecule has 1 aromatic heterocycles. The van der Waals surface area contributed by atoms with Gasteiger partial charge in [0, 0.05) is 28.3 Å². The molecule has 0 amide bonds. The van der Waals surface area contributed by atoms with E-state index in [2.05, 4.69) is 15.9 Å². The van der Waals surface area contributed by atoms with Gasteiger partial charge >= 0.3 is 0 Å². The lowest BCUT2D eigenvalue weighted by Gasteiger charge is -2.16. The van der Waals surface area contributed by atoms with Gasteiger partial charge < -0.3 is 5.73 Å². The first kappa shape index (κ1) is 16.6. The van der Waals surface area contributed by atoms with Crippen LogP contribution in [0.4, 0.5) is 0 Å². The Kier molecular flexibility index (Phi) is 5.56. The van der Waals surface area contributed by atoms with E-state index in [0.717, 1.165) is 21.3 Å². The van der Waals surface area contributed by atoms with Gasteiger partial charge in [-0.05, 0) is 52.7 Å². The van der Waals surface area contributed by atoms with Gasteiger partial charge in [-0.1, -0.05) is 12.1 Å². The third-order valence-corrected chi connectivity index (χ3v) is 6.56. The van der Waals surface area contributed by atoms with Crippen LogP contribution in [0.3, 0.4) is 0 Å². The smallest absolute Gasteiger partial charge is 0.243 e. The number of nitrogens with two attached hydrogens (primary N) is 1. The second-order valence-electron chi connectivity index (χ2n) is 4.67. The van der Waals surface area contributed by atoms with Gasteiger partial charge in [0.15, 0.2) is 0 Å². The fourth-order valence-corrected chi connectivity index (χ4v) is 4.65. The summed E-state index contributed by atoms with van der Waals surface area (Å²) in [7, 11) is -1.87. The maximum absolute atomic E-state index is 12.5. The lowest BCUT2D eigenvalue weighted by molar-refractivity contribution is 0.469. The summed E-state index contributed by atoms with van der Waals surface area (Å²) in [5.41, 5.74) is 6.53.